The van der Waals surface area contributed by atoms with Gasteiger partial charge in [-0.15, -0.1) is 0 Å². The highest BCUT2D eigenvalue weighted by atomic mass is 79.9. The van der Waals surface area contributed by atoms with Gasteiger partial charge in [-0.1, -0.05) is 36.7 Å². The molecule has 1 atom stereocenters. The summed E-state index contributed by atoms with van der Waals surface area (Å²) in [5.41, 5.74) is 1.43. The lowest BCUT2D eigenvalue weighted by atomic mass is 9.89. The molecule has 0 N–H and O–H groups in total. The number of benzene rings is 1. The molecule has 20 heavy (non-hydrogen) atoms. The summed E-state index contributed by atoms with van der Waals surface area (Å²) in [6.07, 6.45) is 2.43. The Morgan fingerprint density at radius 3 is 2.55 bits per heavy atom. The largest absolute Gasteiger partial charge is 0.415 e. The molecule has 4 heteroatoms. The second kappa shape index (κ2) is 6.04. The zero-order valence-electron chi connectivity index (χ0n) is 13.0. The van der Waals surface area contributed by atoms with Crippen LogP contribution in [0.15, 0.2) is 34.9 Å². The van der Waals surface area contributed by atoms with Crippen molar-refractivity contribution < 1.29 is 4.43 Å². The van der Waals surface area contributed by atoms with Crippen molar-refractivity contribution in [3.8, 4) is 0 Å². The maximum Gasteiger partial charge on any atom is 0.171 e. The maximum atomic E-state index is 6.27. The normalized spacial score (nSPS) is 14.2. The Morgan fingerprint density at radius 1 is 1.25 bits per heavy atom. The summed E-state index contributed by atoms with van der Waals surface area (Å²) in [6, 6.07) is 8.61. The van der Waals surface area contributed by atoms with Crippen molar-refractivity contribution in [2.24, 2.45) is 5.41 Å². The summed E-state index contributed by atoms with van der Waals surface area (Å²) in [7, 11) is -1.04. The van der Waals surface area contributed by atoms with Crippen LogP contribution in [-0.4, -0.2) is 19.7 Å². The third-order valence-corrected chi connectivity index (χ3v) is 4.86. The number of hydrogen-bond acceptors (Lipinski definition) is 1. The van der Waals surface area contributed by atoms with Crippen molar-refractivity contribution in [3.05, 3.63) is 34.9 Å². The molecular formula is C16H24BrNOSi. The Morgan fingerprint density at radius 2 is 1.95 bits per heavy atom. The number of nitrogens with zero attached hydrogens (tertiary/aromatic N) is 1. The fraction of sp³-hybridized carbons (Fsp3) is 0.500. The van der Waals surface area contributed by atoms with Crippen molar-refractivity contribution in [1.29, 1.82) is 0 Å². The quantitative estimate of drug-likeness (QED) is 0.718. The fourth-order valence-electron chi connectivity index (χ4n) is 2.36. The lowest BCUT2D eigenvalue weighted by molar-refractivity contribution is 0.0716. The van der Waals surface area contributed by atoms with Gasteiger partial charge in [-0.25, -0.2) is 0 Å². The molecule has 1 unspecified atom stereocenters. The van der Waals surface area contributed by atoms with Gasteiger partial charge < -0.3 is 8.99 Å². The SMILES string of the molecule is C[SiH](C)OC(Cn1ccc2cc(Br)ccc21)C(C)(C)C. The number of halogens is 1. The second-order valence-electron chi connectivity index (χ2n) is 6.71. The third kappa shape index (κ3) is 3.74. The molecule has 2 nitrogen and oxygen atoms in total. The molecule has 2 aromatic rings. The first-order chi connectivity index (χ1) is 9.27. The van der Waals surface area contributed by atoms with Gasteiger partial charge in [0.05, 0.1) is 6.10 Å². The van der Waals surface area contributed by atoms with Crippen LogP contribution in [0.25, 0.3) is 10.9 Å². The van der Waals surface area contributed by atoms with Gasteiger partial charge in [0.2, 0.25) is 0 Å². The van der Waals surface area contributed by atoms with Gasteiger partial charge in [-0.05, 0) is 42.8 Å². The Kier molecular flexibility index (Phi) is 4.77. The van der Waals surface area contributed by atoms with Gasteiger partial charge in [0, 0.05) is 28.1 Å². The van der Waals surface area contributed by atoms with E-state index in [4.69, 9.17) is 4.43 Å². The van der Waals surface area contributed by atoms with E-state index in [0.29, 0.717) is 0 Å². The molecule has 0 saturated carbocycles. The highest BCUT2D eigenvalue weighted by molar-refractivity contribution is 9.10. The van der Waals surface area contributed by atoms with Crippen LogP contribution in [0.2, 0.25) is 13.1 Å². The Balaban J connectivity index is 2.29. The average molecular weight is 354 g/mol. The lowest BCUT2D eigenvalue weighted by Crippen LogP contribution is -2.36. The molecule has 0 saturated heterocycles. The molecule has 1 aromatic carbocycles. The molecule has 0 spiro atoms. The molecule has 0 aliphatic rings. The number of fused-ring (bicyclic) bond motifs is 1. The van der Waals surface area contributed by atoms with Crippen molar-refractivity contribution in [1.82, 2.24) is 4.57 Å². The summed E-state index contributed by atoms with van der Waals surface area (Å²) in [5, 5.41) is 1.27. The molecule has 0 aliphatic carbocycles. The summed E-state index contributed by atoms with van der Waals surface area (Å²) in [4.78, 5) is 0. The third-order valence-electron chi connectivity index (χ3n) is 3.50. The summed E-state index contributed by atoms with van der Waals surface area (Å²) >= 11 is 3.53. The van der Waals surface area contributed by atoms with Gasteiger partial charge in [-0.2, -0.15) is 0 Å². The van der Waals surface area contributed by atoms with E-state index in [1.165, 1.54) is 10.9 Å². The molecule has 2 rings (SSSR count). The van der Waals surface area contributed by atoms with E-state index < -0.39 is 9.04 Å². The molecule has 110 valence electrons. The van der Waals surface area contributed by atoms with E-state index in [2.05, 4.69) is 84.8 Å². The first-order valence-electron chi connectivity index (χ1n) is 7.17. The van der Waals surface area contributed by atoms with Crippen LogP contribution < -0.4 is 0 Å². The van der Waals surface area contributed by atoms with Crippen LogP contribution >= 0.6 is 15.9 Å². The minimum absolute atomic E-state index is 0.156. The zero-order chi connectivity index (χ0) is 14.9. The molecule has 0 aliphatic heterocycles. The highest BCUT2D eigenvalue weighted by Gasteiger charge is 2.26. The van der Waals surface area contributed by atoms with Gasteiger partial charge in [0.15, 0.2) is 9.04 Å². The molecule has 1 aromatic heterocycles. The van der Waals surface area contributed by atoms with Crippen LogP contribution in [0.1, 0.15) is 20.8 Å². The summed E-state index contributed by atoms with van der Waals surface area (Å²) in [5.74, 6) is 0. The van der Waals surface area contributed by atoms with Crippen LogP contribution in [-0.2, 0) is 11.0 Å². The Hall–Kier alpha value is -0.583. The fourth-order valence-corrected chi connectivity index (χ4v) is 3.89. The van der Waals surface area contributed by atoms with Gasteiger partial charge in [0.25, 0.3) is 0 Å². The van der Waals surface area contributed by atoms with E-state index in [-0.39, 0.29) is 11.5 Å². The average Bonchev–Trinajstić information content (AvgIpc) is 2.69. The van der Waals surface area contributed by atoms with Crippen molar-refractivity contribution >= 4 is 35.9 Å². The molecular weight excluding hydrogens is 330 g/mol. The molecule has 0 fully saturated rings. The minimum atomic E-state index is -1.04. The zero-order valence-corrected chi connectivity index (χ0v) is 15.7. The van der Waals surface area contributed by atoms with E-state index in [1.807, 2.05) is 0 Å². The van der Waals surface area contributed by atoms with E-state index in [0.717, 1.165) is 11.0 Å². The molecule has 1 heterocycles. The van der Waals surface area contributed by atoms with Gasteiger partial charge in [-0.3, -0.25) is 0 Å². The van der Waals surface area contributed by atoms with Crippen molar-refractivity contribution in [3.63, 3.8) is 0 Å². The molecule has 0 radical (unpaired) electrons. The van der Waals surface area contributed by atoms with E-state index >= 15 is 0 Å². The Labute approximate surface area is 132 Å². The summed E-state index contributed by atoms with van der Waals surface area (Å²) < 4.78 is 9.71. The van der Waals surface area contributed by atoms with Crippen molar-refractivity contribution in [2.45, 2.75) is 46.5 Å². The van der Waals surface area contributed by atoms with Gasteiger partial charge >= 0.3 is 0 Å². The lowest BCUT2D eigenvalue weighted by Gasteiger charge is -2.33. The van der Waals surface area contributed by atoms with Crippen LogP contribution in [0.4, 0.5) is 0 Å². The van der Waals surface area contributed by atoms with Crippen LogP contribution in [0.5, 0.6) is 0 Å². The molecule has 0 amide bonds. The van der Waals surface area contributed by atoms with Crippen molar-refractivity contribution in [2.75, 3.05) is 0 Å². The number of aromatic nitrogens is 1. The van der Waals surface area contributed by atoms with Crippen LogP contribution in [0.3, 0.4) is 0 Å². The van der Waals surface area contributed by atoms with E-state index in [1.54, 1.807) is 0 Å². The second-order valence-corrected chi connectivity index (χ2v) is 10.00. The highest BCUT2D eigenvalue weighted by Crippen LogP contribution is 2.27. The topological polar surface area (TPSA) is 14.2 Å². The minimum Gasteiger partial charge on any atom is -0.415 e. The molecule has 0 bridgehead atoms. The standard InChI is InChI=1S/C16H24BrNOSi/c1-16(2,3)15(19-20(4)5)11-18-9-8-12-10-13(17)6-7-14(12)18/h6-10,15,20H,11H2,1-5H3. The number of rotatable bonds is 4. The monoisotopic (exact) mass is 353 g/mol. The maximum absolute atomic E-state index is 6.27. The predicted octanol–water partition coefficient (Wildman–Crippen LogP) is 4.82. The first-order valence-corrected chi connectivity index (χ1v) is 10.7. The van der Waals surface area contributed by atoms with E-state index in [9.17, 15) is 0 Å². The number of hydrogen-bond donors (Lipinski definition) is 0. The Bertz CT molecular complexity index is 586. The van der Waals surface area contributed by atoms with Crippen LogP contribution in [0, 0.1) is 5.41 Å². The predicted molar refractivity (Wildman–Crippen MR) is 92.8 cm³/mol. The first kappa shape index (κ1) is 15.8. The summed E-state index contributed by atoms with van der Waals surface area (Å²) in [6.45, 7) is 12.2. The van der Waals surface area contributed by atoms with Gasteiger partial charge in [0.1, 0.15) is 0 Å². The smallest absolute Gasteiger partial charge is 0.171 e.